The van der Waals surface area contributed by atoms with Crippen LogP contribution in [0.5, 0.6) is 0 Å². The molecule has 1 aliphatic carbocycles. The van der Waals surface area contributed by atoms with Crippen LogP contribution in [0.15, 0.2) is 54.7 Å². The highest BCUT2D eigenvalue weighted by molar-refractivity contribution is 5.70. The van der Waals surface area contributed by atoms with Crippen molar-refractivity contribution in [3.63, 3.8) is 0 Å². The molecule has 0 amide bonds. The molecule has 4 aromatic rings. The van der Waals surface area contributed by atoms with Gasteiger partial charge in [0.25, 0.3) is 0 Å². The minimum absolute atomic E-state index is 0.242. The zero-order valence-corrected chi connectivity index (χ0v) is 16.5. The van der Waals surface area contributed by atoms with Crippen molar-refractivity contribution in [1.82, 2.24) is 14.4 Å². The zero-order valence-electron chi connectivity index (χ0n) is 16.5. The van der Waals surface area contributed by atoms with Gasteiger partial charge in [0, 0.05) is 17.8 Å². The average Bonchev–Trinajstić information content (AvgIpc) is 3.54. The number of nitrogens with zero attached hydrogens (tertiary/aromatic N) is 4. The van der Waals surface area contributed by atoms with Crippen molar-refractivity contribution in [2.75, 3.05) is 5.32 Å². The van der Waals surface area contributed by atoms with E-state index in [-0.39, 0.29) is 11.7 Å². The second-order valence-corrected chi connectivity index (χ2v) is 7.63. The van der Waals surface area contributed by atoms with Crippen LogP contribution < -0.4 is 5.32 Å². The number of aromatic nitrogens is 3. The van der Waals surface area contributed by atoms with E-state index in [9.17, 15) is 22.8 Å². The van der Waals surface area contributed by atoms with Gasteiger partial charge in [-0.05, 0) is 61.4 Å². The number of fused-ring (bicyclic) bond motifs is 1. The molecule has 3 heterocycles. The van der Waals surface area contributed by atoms with Gasteiger partial charge in [-0.2, -0.15) is 18.4 Å². The molecule has 5 rings (SSSR count). The average molecular weight is 437 g/mol. The van der Waals surface area contributed by atoms with Crippen LogP contribution in [0, 0.1) is 17.1 Å². The smallest absolute Gasteiger partial charge is 0.340 e. The van der Waals surface area contributed by atoms with Crippen LogP contribution in [0.4, 0.5) is 29.1 Å². The molecule has 3 aromatic heterocycles. The molecule has 0 unspecified atom stereocenters. The molecule has 5 nitrogen and oxygen atoms in total. The van der Waals surface area contributed by atoms with Crippen molar-refractivity contribution in [2.45, 2.75) is 24.9 Å². The molecule has 1 aliphatic rings. The molecule has 32 heavy (non-hydrogen) atoms. The molecular weight excluding hydrogens is 422 g/mol. The Morgan fingerprint density at radius 1 is 1.03 bits per heavy atom. The highest BCUT2D eigenvalue weighted by atomic mass is 19.4. The van der Waals surface area contributed by atoms with Gasteiger partial charge in [-0.25, -0.2) is 14.4 Å². The van der Waals surface area contributed by atoms with Gasteiger partial charge in [-0.1, -0.05) is 0 Å². The monoisotopic (exact) mass is 437 g/mol. The Labute approximate surface area is 180 Å². The molecule has 1 saturated carbocycles. The van der Waals surface area contributed by atoms with Gasteiger partial charge in [0.1, 0.15) is 17.3 Å². The van der Waals surface area contributed by atoms with E-state index >= 15 is 0 Å². The number of hydrogen-bond donors (Lipinski definition) is 1. The number of imidazole rings is 1. The molecule has 1 aromatic carbocycles. The summed E-state index contributed by atoms with van der Waals surface area (Å²) < 4.78 is 54.0. The van der Waals surface area contributed by atoms with E-state index in [1.54, 1.807) is 16.5 Å². The maximum Gasteiger partial charge on any atom is 0.416 e. The number of nitrogens with one attached hydrogen (secondary N) is 1. The summed E-state index contributed by atoms with van der Waals surface area (Å²) in [5.74, 6) is 0.0942. The molecule has 0 aliphatic heterocycles. The summed E-state index contributed by atoms with van der Waals surface area (Å²) in [7, 11) is 0. The molecule has 9 heteroatoms. The van der Waals surface area contributed by atoms with Crippen molar-refractivity contribution in [1.29, 1.82) is 5.26 Å². The van der Waals surface area contributed by atoms with Gasteiger partial charge in [0.15, 0.2) is 0 Å². The summed E-state index contributed by atoms with van der Waals surface area (Å²) in [4.78, 5) is 9.21. The number of pyridine rings is 2. The van der Waals surface area contributed by atoms with Crippen LogP contribution in [0.3, 0.4) is 0 Å². The van der Waals surface area contributed by atoms with Gasteiger partial charge in [-0.3, -0.25) is 4.40 Å². The molecule has 1 N–H and O–H groups in total. The minimum atomic E-state index is -4.43. The second-order valence-electron chi connectivity index (χ2n) is 7.63. The summed E-state index contributed by atoms with van der Waals surface area (Å²) in [5.41, 5.74) is 2.33. The Morgan fingerprint density at radius 2 is 1.78 bits per heavy atom. The first-order valence-corrected chi connectivity index (χ1v) is 9.86. The molecule has 0 saturated heterocycles. The first-order valence-electron chi connectivity index (χ1n) is 9.86. The summed E-state index contributed by atoms with van der Waals surface area (Å²) in [6.45, 7) is 0. The van der Waals surface area contributed by atoms with E-state index in [0.717, 1.165) is 30.7 Å². The fourth-order valence-electron chi connectivity index (χ4n) is 3.60. The number of hydrogen-bond acceptors (Lipinski definition) is 4. The maximum atomic E-state index is 14.0. The van der Waals surface area contributed by atoms with E-state index in [2.05, 4.69) is 21.4 Å². The summed E-state index contributed by atoms with van der Waals surface area (Å²) in [6, 6.07) is 12.6. The third kappa shape index (κ3) is 3.75. The number of rotatable bonds is 4. The van der Waals surface area contributed by atoms with E-state index < -0.39 is 17.6 Å². The lowest BCUT2D eigenvalue weighted by Crippen LogP contribution is -2.04. The van der Waals surface area contributed by atoms with Gasteiger partial charge in [-0.15, -0.1) is 0 Å². The van der Waals surface area contributed by atoms with Crippen molar-refractivity contribution in [2.24, 2.45) is 0 Å². The van der Waals surface area contributed by atoms with Crippen molar-refractivity contribution in [3.8, 4) is 17.5 Å². The molecule has 0 atom stereocenters. The van der Waals surface area contributed by atoms with Crippen LogP contribution >= 0.6 is 0 Å². The second kappa shape index (κ2) is 7.34. The van der Waals surface area contributed by atoms with Crippen LogP contribution in [0.25, 0.3) is 17.0 Å². The minimum Gasteiger partial charge on any atom is -0.340 e. The van der Waals surface area contributed by atoms with Gasteiger partial charge < -0.3 is 5.32 Å². The molecule has 160 valence electrons. The van der Waals surface area contributed by atoms with E-state index in [4.69, 9.17) is 0 Å². The normalized spacial score (nSPS) is 13.8. The largest absolute Gasteiger partial charge is 0.416 e. The number of nitriles is 1. The predicted octanol–water partition coefficient (Wildman–Crippen LogP) is 6.05. The molecule has 0 radical (unpaired) electrons. The highest BCUT2D eigenvalue weighted by Crippen LogP contribution is 2.44. The lowest BCUT2D eigenvalue weighted by Gasteiger charge is -2.11. The Morgan fingerprint density at radius 3 is 2.44 bits per heavy atom. The summed E-state index contributed by atoms with van der Waals surface area (Å²) in [5, 5.41) is 12.5. The van der Waals surface area contributed by atoms with Gasteiger partial charge in [0.2, 0.25) is 0 Å². The summed E-state index contributed by atoms with van der Waals surface area (Å²) >= 11 is 0. The van der Waals surface area contributed by atoms with E-state index in [1.165, 1.54) is 30.5 Å². The first kappa shape index (κ1) is 20.0. The lowest BCUT2D eigenvalue weighted by molar-refractivity contribution is -0.137. The van der Waals surface area contributed by atoms with Crippen molar-refractivity contribution >= 4 is 17.2 Å². The van der Waals surface area contributed by atoms with Crippen LogP contribution in [-0.4, -0.2) is 14.4 Å². The van der Waals surface area contributed by atoms with Crippen LogP contribution in [0.1, 0.15) is 35.6 Å². The number of anilines is 2. The Bertz CT molecular complexity index is 1360. The third-order valence-electron chi connectivity index (χ3n) is 5.26. The van der Waals surface area contributed by atoms with Crippen molar-refractivity contribution < 1.29 is 17.6 Å². The van der Waals surface area contributed by atoms with Crippen LogP contribution in [0.2, 0.25) is 0 Å². The lowest BCUT2D eigenvalue weighted by atomic mass is 10.1. The quantitative estimate of drug-likeness (QED) is 0.395. The highest BCUT2D eigenvalue weighted by Gasteiger charge is 2.32. The van der Waals surface area contributed by atoms with Gasteiger partial charge in [0.05, 0.1) is 34.3 Å². The number of halogens is 4. The van der Waals surface area contributed by atoms with Crippen molar-refractivity contribution in [3.05, 3.63) is 77.4 Å². The molecule has 0 spiro atoms. The predicted molar refractivity (Wildman–Crippen MR) is 110 cm³/mol. The fraction of sp³-hybridized carbons (Fsp3) is 0.174. The van der Waals surface area contributed by atoms with Gasteiger partial charge >= 0.3 is 6.18 Å². The zero-order chi connectivity index (χ0) is 22.5. The number of alkyl halides is 3. The third-order valence-corrected chi connectivity index (χ3v) is 5.26. The number of benzene rings is 1. The standard InChI is InChI=1S/C23H15F4N5/c24-16-5-8-20-31-21(14-1-2-14)22(32(20)12-16)18-9-13(11-28)10-19(30-18)29-17-6-3-15(4-7-17)23(25,26)27/h3-10,12,14H,1-2H2,(H,29,30). The molecule has 1 fully saturated rings. The Balaban J connectivity index is 1.58. The maximum absolute atomic E-state index is 14.0. The van der Waals surface area contributed by atoms with E-state index in [1.807, 2.05) is 0 Å². The topological polar surface area (TPSA) is 66.0 Å². The SMILES string of the molecule is N#Cc1cc(Nc2ccc(C(F)(F)F)cc2)nc(-c2c(C3CC3)nc3ccc(F)cn23)c1. The summed E-state index contributed by atoms with van der Waals surface area (Å²) in [6.07, 6.45) is -1.17. The Hall–Kier alpha value is -3.93. The van der Waals surface area contributed by atoms with Crippen LogP contribution in [-0.2, 0) is 6.18 Å². The first-order chi connectivity index (χ1) is 15.3. The Kier molecular flexibility index (Phi) is 4.59. The van der Waals surface area contributed by atoms with E-state index in [0.29, 0.717) is 28.3 Å². The molecular formula is C23H15F4N5. The molecule has 0 bridgehead atoms. The fourth-order valence-corrected chi connectivity index (χ4v) is 3.60.